The fourth-order valence-electron chi connectivity index (χ4n) is 0.795. The molecule has 0 fully saturated rings. The summed E-state index contributed by atoms with van der Waals surface area (Å²) in [5.74, 6) is -1.18. The second-order valence-electron chi connectivity index (χ2n) is 4.51. The second-order valence-corrected chi connectivity index (χ2v) is 11.9. The molecule has 0 saturated heterocycles. The SMILES string of the molecule is COC(=O)C(S)=C(SC[Si](C)(C)C)C(=O)OC. The molecule has 0 unspecified atom stereocenters. The molecule has 0 aliphatic carbocycles. The maximum absolute atomic E-state index is 11.5. The molecule has 0 atom stereocenters. The van der Waals surface area contributed by atoms with E-state index in [1.54, 1.807) is 0 Å². The molecule has 0 radical (unpaired) electrons. The molecule has 0 amide bonds. The Morgan fingerprint density at radius 2 is 1.59 bits per heavy atom. The zero-order chi connectivity index (χ0) is 13.6. The monoisotopic (exact) mass is 294 g/mol. The number of carbonyl (C=O) groups excluding carboxylic acids is 2. The molecule has 17 heavy (non-hydrogen) atoms. The van der Waals surface area contributed by atoms with Crippen molar-refractivity contribution < 1.29 is 19.1 Å². The Bertz CT molecular complexity index is 334. The predicted octanol–water partition coefficient (Wildman–Crippen LogP) is 2.08. The molecule has 98 valence electrons. The van der Waals surface area contributed by atoms with Gasteiger partial charge in [0.15, 0.2) is 0 Å². The molecule has 0 aliphatic heterocycles. The van der Waals surface area contributed by atoms with E-state index in [9.17, 15) is 9.59 Å². The standard InChI is InChI=1S/C10H18O4S2Si/c1-13-9(11)7(15)8(10(12)14-2)16-6-17(3,4)5/h15H,6H2,1-5H3. The topological polar surface area (TPSA) is 52.6 Å². The first kappa shape index (κ1) is 16.6. The van der Waals surface area contributed by atoms with E-state index in [0.717, 1.165) is 5.38 Å². The van der Waals surface area contributed by atoms with Crippen LogP contribution in [0.4, 0.5) is 0 Å². The smallest absolute Gasteiger partial charge is 0.345 e. The van der Waals surface area contributed by atoms with Crippen LogP contribution in [-0.2, 0) is 19.1 Å². The maximum Gasteiger partial charge on any atom is 0.345 e. The molecule has 4 nitrogen and oxygen atoms in total. The van der Waals surface area contributed by atoms with Gasteiger partial charge < -0.3 is 9.47 Å². The van der Waals surface area contributed by atoms with Gasteiger partial charge in [-0.2, -0.15) is 0 Å². The zero-order valence-electron chi connectivity index (χ0n) is 10.7. The Morgan fingerprint density at radius 1 is 1.12 bits per heavy atom. The van der Waals surface area contributed by atoms with Gasteiger partial charge in [-0.05, 0) is 5.38 Å². The molecule has 0 bridgehead atoms. The average molecular weight is 294 g/mol. The fourth-order valence-corrected chi connectivity index (χ4v) is 3.90. The first-order chi connectivity index (χ1) is 7.72. The van der Waals surface area contributed by atoms with Crippen LogP contribution in [0.1, 0.15) is 0 Å². The van der Waals surface area contributed by atoms with Gasteiger partial charge >= 0.3 is 11.9 Å². The van der Waals surface area contributed by atoms with Gasteiger partial charge in [0.1, 0.15) is 9.81 Å². The fraction of sp³-hybridized carbons (Fsp3) is 0.600. The van der Waals surface area contributed by atoms with Crippen LogP contribution in [0.5, 0.6) is 0 Å². The van der Waals surface area contributed by atoms with E-state index < -0.39 is 20.0 Å². The maximum atomic E-state index is 11.5. The Kier molecular flexibility index (Phi) is 6.96. The van der Waals surface area contributed by atoms with E-state index in [-0.39, 0.29) is 9.81 Å². The Labute approximate surface area is 113 Å². The van der Waals surface area contributed by atoms with Crippen molar-refractivity contribution in [3.05, 3.63) is 9.81 Å². The number of thioether (sulfide) groups is 1. The normalized spacial score (nSPS) is 12.8. The van der Waals surface area contributed by atoms with E-state index in [0.29, 0.717) is 0 Å². The van der Waals surface area contributed by atoms with Crippen molar-refractivity contribution in [2.45, 2.75) is 19.6 Å². The Morgan fingerprint density at radius 3 is 1.94 bits per heavy atom. The number of ether oxygens (including phenoxy) is 2. The summed E-state index contributed by atoms with van der Waals surface area (Å²) in [4.78, 5) is 23.1. The van der Waals surface area contributed by atoms with Gasteiger partial charge in [0.25, 0.3) is 0 Å². The van der Waals surface area contributed by atoms with Gasteiger partial charge in [0, 0.05) is 0 Å². The highest BCUT2D eigenvalue weighted by Gasteiger charge is 2.23. The van der Waals surface area contributed by atoms with Crippen molar-refractivity contribution in [1.82, 2.24) is 0 Å². The summed E-state index contributed by atoms with van der Waals surface area (Å²) in [6.07, 6.45) is 0. The minimum Gasteiger partial charge on any atom is -0.465 e. The van der Waals surface area contributed by atoms with Gasteiger partial charge in [-0.15, -0.1) is 24.4 Å². The number of hydrogen-bond acceptors (Lipinski definition) is 6. The van der Waals surface area contributed by atoms with Crippen LogP contribution in [-0.4, -0.2) is 39.6 Å². The van der Waals surface area contributed by atoms with Crippen LogP contribution in [0.3, 0.4) is 0 Å². The zero-order valence-corrected chi connectivity index (χ0v) is 13.4. The van der Waals surface area contributed by atoms with E-state index >= 15 is 0 Å². The number of rotatable bonds is 5. The lowest BCUT2D eigenvalue weighted by atomic mass is 10.5. The van der Waals surface area contributed by atoms with Crippen molar-refractivity contribution >= 4 is 44.4 Å². The lowest BCUT2D eigenvalue weighted by Crippen LogP contribution is -2.25. The minimum absolute atomic E-state index is 0.00241. The van der Waals surface area contributed by atoms with Crippen molar-refractivity contribution in [3.63, 3.8) is 0 Å². The second kappa shape index (κ2) is 7.12. The van der Waals surface area contributed by atoms with E-state index in [1.165, 1.54) is 26.0 Å². The number of esters is 2. The van der Waals surface area contributed by atoms with Crippen molar-refractivity contribution in [3.8, 4) is 0 Å². The van der Waals surface area contributed by atoms with Gasteiger partial charge in [-0.3, -0.25) is 0 Å². The summed E-state index contributed by atoms with van der Waals surface area (Å²) < 4.78 is 9.17. The highest BCUT2D eigenvalue weighted by molar-refractivity contribution is 8.06. The van der Waals surface area contributed by atoms with E-state index in [4.69, 9.17) is 0 Å². The molecule has 0 aromatic carbocycles. The number of carbonyl (C=O) groups is 2. The summed E-state index contributed by atoms with van der Waals surface area (Å²) in [7, 11) is 1.19. The summed E-state index contributed by atoms with van der Waals surface area (Å²) in [6.45, 7) is 6.52. The molecule has 0 aliphatic rings. The molecular weight excluding hydrogens is 276 g/mol. The van der Waals surface area contributed by atoms with Gasteiger partial charge in [-0.1, -0.05) is 19.6 Å². The van der Waals surface area contributed by atoms with Crippen LogP contribution < -0.4 is 0 Å². The summed E-state index contributed by atoms with van der Waals surface area (Å²) in [6, 6.07) is 0. The van der Waals surface area contributed by atoms with E-state index in [2.05, 4.69) is 41.7 Å². The van der Waals surface area contributed by atoms with Crippen LogP contribution in [0.15, 0.2) is 9.81 Å². The van der Waals surface area contributed by atoms with Crippen LogP contribution in [0.25, 0.3) is 0 Å². The number of hydrogen-bond donors (Lipinski definition) is 1. The molecule has 7 heteroatoms. The average Bonchev–Trinajstić information content (AvgIpc) is 2.25. The highest BCUT2D eigenvalue weighted by atomic mass is 32.2. The molecule has 0 N–H and O–H groups in total. The Balaban J connectivity index is 5.02. The predicted molar refractivity (Wildman–Crippen MR) is 75.8 cm³/mol. The third-order valence-electron chi connectivity index (χ3n) is 1.61. The lowest BCUT2D eigenvalue weighted by Gasteiger charge is -2.16. The molecular formula is C10H18O4S2Si. The Hall–Kier alpha value is -0.403. The third-order valence-corrected chi connectivity index (χ3v) is 6.87. The highest BCUT2D eigenvalue weighted by Crippen LogP contribution is 2.27. The van der Waals surface area contributed by atoms with Crippen LogP contribution >= 0.6 is 24.4 Å². The third kappa shape index (κ3) is 6.18. The van der Waals surface area contributed by atoms with E-state index in [1.807, 2.05) is 0 Å². The van der Waals surface area contributed by atoms with Crippen molar-refractivity contribution in [1.29, 1.82) is 0 Å². The molecule has 0 spiro atoms. The first-order valence-electron chi connectivity index (χ1n) is 4.95. The molecule has 0 rings (SSSR count). The number of thiol groups is 1. The van der Waals surface area contributed by atoms with Gasteiger partial charge in [0.05, 0.1) is 22.3 Å². The largest absolute Gasteiger partial charge is 0.465 e. The molecule has 0 saturated carbocycles. The van der Waals surface area contributed by atoms with Crippen LogP contribution in [0, 0.1) is 0 Å². The van der Waals surface area contributed by atoms with Gasteiger partial charge in [0.2, 0.25) is 0 Å². The summed E-state index contributed by atoms with van der Waals surface area (Å²) >= 11 is 5.32. The molecule has 0 heterocycles. The van der Waals surface area contributed by atoms with Crippen LogP contribution in [0.2, 0.25) is 19.6 Å². The van der Waals surface area contributed by atoms with Gasteiger partial charge in [-0.25, -0.2) is 9.59 Å². The lowest BCUT2D eigenvalue weighted by molar-refractivity contribution is -0.138. The summed E-state index contributed by atoms with van der Waals surface area (Å²) in [5, 5.41) is 0.804. The first-order valence-corrected chi connectivity index (χ1v) is 10.1. The van der Waals surface area contributed by atoms with Crippen molar-refractivity contribution in [2.75, 3.05) is 19.6 Å². The molecule has 0 aromatic rings. The quantitative estimate of drug-likeness (QED) is 0.364. The summed E-state index contributed by atoms with van der Waals surface area (Å²) in [5.41, 5.74) is 0. The minimum atomic E-state index is -1.33. The molecule has 0 aromatic heterocycles. The van der Waals surface area contributed by atoms with Crippen molar-refractivity contribution in [2.24, 2.45) is 0 Å². The number of methoxy groups -OCH3 is 2.